The minimum Gasteiger partial charge on any atom is -0.496 e. The molecule has 2 saturated heterocycles. The zero-order chi connectivity index (χ0) is 37.6. The van der Waals surface area contributed by atoms with Crippen LogP contribution in [0.25, 0.3) is 0 Å². The third-order valence-electron chi connectivity index (χ3n) is 7.07. The maximum absolute atomic E-state index is 14.0. The van der Waals surface area contributed by atoms with Gasteiger partial charge in [0.15, 0.2) is 0 Å². The molecule has 0 radical (unpaired) electrons. The second-order valence-corrected chi connectivity index (χ2v) is 9.71. The second-order valence-electron chi connectivity index (χ2n) is 9.71. The minimum absolute atomic E-state index is 0.0512. The number of carbonyl (C=O) groups excluding carboxylic acids is 2. The Balaban J connectivity index is 1.64. The molecule has 1 saturated carbocycles. The van der Waals surface area contributed by atoms with Crippen molar-refractivity contribution in [2.75, 3.05) is 46.1 Å². The highest BCUT2D eigenvalue weighted by Crippen LogP contribution is 2.42. The van der Waals surface area contributed by atoms with Gasteiger partial charge in [0, 0.05) is 55.5 Å². The van der Waals surface area contributed by atoms with Crippen LogP contribution in [0, 0.1) is 6.92 Å². The molecule has 2 atom stereocenters. The standard InChI is InChI=1S/C27H35F3N6O3/c1-17-19(4-3-5-22(17)39-2)26-21(34-12-10-33(11-13-34)15-24(31)37)8-9-35(26)25(38)16-36-23(27(28,29)30)14-20(32-36)18-6-7-18/h3-5,14,18,21,26H,6-13,15-16H2,1-2H3,(H2,31,37)/t21-,26-/m1/s1/i2D3,10D2,11D2,12D2,13D2. The van der Waals surface area contributed by atoms with Gasteiger partial charge in [-0.3, -0.25) is 24.1 Å². The van der Waals surface area contributed by atoms with E-state index < -0.39 is 81.9 Å². The quantitative estimate of drug-likeness (QED) is 0.534. The smallest absolute Gasteiger partial charge is 0.433 e. The number of primary amides is 1. The fourth-order valence-corrected chi connectivity index (χ4v) is 5.03. The van der Waals surface area contributed by atoms with Crippen molar-refractivity contribution in [3.8, 4) is 5.75 Å². The summed E-state index contributed by atoms with van der Waals surface area (Å²) in [7, 11) is -2.95. The van der Waals surface area contributed by atoms with Crippen LogP contribution >= 0.6 is 0 Å². The number of halogens is 3. The second kappa shape index (κ2) is 10.8. The summed E-state index contributed by atoms with van der Waals surface area (Å²) >= 11 is 0. The number of carbonyl (C=O) groups is 2. The number of nitrogens with two attached hydrogens (primary N) is 1. The van der Waals surface area contributed by atoms with Crippen molar-refractivity contribution in [3.63, 3.8) is 0 Å². The molecule has 9 nitrogen and oxygen atoms in total. The van der Waals surface area contributed by atoms with E-state index in [9.17, 15) is 22.8 Å². The Labute approximate surface area is 241 Å². The van der Waals surface area contributed by atoms with Crippen LogP contribution in [0.2, 0.25) is 0 Å². The van der Waals surface area contributed by atoms with E-state index in [4.69, 9.17) is 25.5 Å². The van der Waals surface area contributed by atoms with Gasteiger partial charge in [-0.2, -0.15) is 18.3 Å². The van der Waals surface area contributed by atoms with Gasteiger partial charge < -0.3 is 15.4 Å². The molecule has 2 amide bonds. The highest BCUT2D eigenvalue weighted by Gasteiger charge is 2.44. The molecule has 12 heteroatoms. The summed E-state index contributed by atoms with van der Waals surface area (Å²) in [6.07, 6.45) is -3.95. The van der Waals surface area contributed by atoms with Gasteiger partial charge >= 0.3 is 6.18 Å². The van der Waals surface area contributed by atoms with Crippen molar-refractivity contribution in [2.45, 2.75) is 56.9 Å². The van der Waals surface area contributed by atoms with Crippen LogP contribution in [-0.4, -0.2) is 88.5 Å². The van der Waals surface area contributed by atoms with Crippen molar-refractivity contribution in [2.24, 2.45) is 5.73 Å². The van der Waals surface area contributed by atoms with Crippen molar-refractivity contribution in [3.05, 3.63) is 46.8 Å². The molecule has 0 unspecified atom stereocenters. The lowest BCUT2D eigenvalue weighted by molar-refractivity contribution is -0.146. The van der Waals surface area contributed by atoms with Gasteiger partial charge in [-0.05, 0) is 49.4 Å². The zero-order valence-electron chi connectivity index (χ0n) is 32.0. The number of nitrogens with zero attached hydrogens (tertiary/aromatic N) is 5. The van der Waals surface area contributed by atoms with Crippen molar-refractivity contribution >= 4 is 11.8 Å². The molecule has 0 spiro atoms. The van der Waals surface area contributed by atoms with Crippen LogP contribution in [0.15, 0.2) is 24.3 Å². The number of hydrogen-bond donors (Lipinski definition) is 1. The summed E-state index contributed by atoms with van der Waals surface area (Å²) in [5, 5.41) is 4.04. The fourth-order valence-electron chi connectivity index (χ4n) is 5.03. The summed E-state index contributed by atoms with van der Waals surface area (Å²) in [5.74, 6) is -2.63. The van der Waals surface area contributed by atoms with E-state index in [-0.39, 0.29) is 46.4 Å². The number of piperazine rings is 1. The van der Waals surface area contributed by atoms with Crippen molar-refractivity contribution < 1.29 is 42.6 Å². The summed E-state index contributed by atoms with van der Waals surface area (Å²) in [5.41, 5.74) is 4.33. The lowest BCUT2D eigenvalue weighted by Crippen LogP contribution is -2.53. The van der Waals surface area contributed by atoms with Crippen LogP contribution in [0.4, 0.5) is 13.2 Å². The molecule has 3 heterocycles. The number of ether oxygens (including phenoxy) is 1. The first-order chi connectivity index (χ1) is 22.7. The Hall–Kier alpha value is -3.12. The van der Waals surface area contributed by atoms with Crippen molar-refractivity contribution in [1.82, 2.24) is 24.5 Å². The first kappa shape index (κ1) is 16.9. The first-order valence-corrected chi connectivity index (χ1v) is 12.3. The molecule has 2 aromatic rings. The third-order valence-corrected chi connectivity index (χ3v) is 7.07. The van der Waals surface area contributed by atoms with Gasteiger partial charge in [0.05, 0.1) is 29.4 Å². The van der Waals surface area contributed by atoms with E-state index >= 15 is 0 Å². The Morgan fingerprint density at radius 1 is 1.18 bits per heavy atom. The molecule has 1 aromatic carbocycles. The van der Waals surface area contributed by atoms with Gasteiger partial charge in [-0.25, -0.2) is 0 Å². The van der Waals surface area contributed by atoms with E-state index in [0.29, 0.717) is 22.4 Å². The minimum atomic E-state index is -4.88. The molecule has 3 fully saturated rings. The van der Waals surface area contributed by atoms with Crippen LogP contribution in [0.1, 0.15) is 68.8 Å². The van der Waals surface area contributed by atoms with Crippen LogP contribution < -0.4 is 10.5 Å². The normalized spacial score (nSPS) is 32.5. The molecular formula is C27H35F3N6O3. The number of methoxy groups -OCH3 is 1. The molecule has 39 heavy (non-hydrogen) atoms. The van der Waals surface area contributed by atoms with E-state index in [1.807, 2.05) is 0 Å². The highest BCUT2D eigenvalue weighted by molar-refractivity contribution is 5.77. The van der Waals surface area contributed by atoms with Gasteiger partial charge in [0.2, 0.25) is 11.8 Å². The Kier molecular flexibility index (Phi) is 4.67. The number of alkyl halides is 3. The van der Waals surface area contributed by atoms with Crippen molar-refractivity contribution in [1.29, 1.82) is 0 Å². The maximum Gasteiger partial charge on any atom is 0.433 e. The molecule has 1 aliphatic carbocycles. The fraction of sp³-hybridized carbons (Fsp3) is 0.593. The average Bonchev–Trinajstić information content (AvgIpc) is 3.58. The summed E-state index contributed by atoms with van der Waals surface area (Å²) in [6, 6.07) is 1.78. The number of hydrogen-bond acceptors (Lipinski definition) is 6. The van der Waals surface area contributed by atoms with E-state index in [2.05, 4.69) is 5.10 Å². The van der Waals surface area contributed by atoms with E-state index in [1.54, 1.807) is 0 Å². The van der Waals surface area contributed by atoms with E-state index in [1.165, 1.54) is 25.1 Å². The summed E-state index contributed by atoms with van der Waals surface area (Å²) < 4.78 is 141. The number of benzene rings is 1. The third kappa shape index (κ3) is 5.76. The molecule has 0 bridgehead atoms. The van der Waals surface area contributed by atoms with Crippen LogP contribution in [-0.2, 0) is 22.3 Å². The zero-order valence-corrected chi connectivity index (χ0v) is 21.0. The SMILES string of the molecule is [2H]C([2H])([2H])Oc1cccc([C@@H]2[C@H](N3C([2H])([2H])C([2H])([2H])N(CC(N)=O)C([2H])([2H])C3([2H])[2H])CCN2C(=O)Cn2nc(C3CC3)cc2C(F)(F)F)c1C. The molecule has 2 N–H and O–H groups in total. The van der Waals surface area contributed by atoms with Gasteiger partial charge in [-0.1, -0.05) is 12.1 Å². The molecule has 5 rings (SSSR count). The number of amides is 2. The Morgan fingerprint density at radius 2 is 1.92 bits per heavy atom. The number of rotatable bonds is 8. The van der Waals surface area contributed by atoms with Crippen LogP contribution in [0.5, 0.6) is 5.75 Å². The predicted molar refractivity (Wildman–Crippen MR) is 137 cm³/mol. The predicted octanol–water partition coefficient (Wildman–Crippen LogP) is 2.54. The Morgan fingerprint density at radius 3 is 2.56 bits per heavy atom. The summed E-state index contributed by atoms with van der Waals surface area (Å²) in [4.78, 5) is 27.3. The monoisotopic (exact) mass is 559 g/mol. The Bertz CT molecular complexity index is 1640. The van der Waals surface area contributed by atoms with Gasteiger partial charge in [0.1, 0.15) is 18.0 Å². The average molecular weight is 560 g/mol. The first-order valence-electron chi connectivity index (χ1n) is 17.8. The molecule has 3 aliphatic rings. The van der Waals surface area contributed by atoms with Gasteiger partial charge in [-0.15, -0.1) is 0 Å². The molecule has 1 aromatic heterocycles. The molecule has 2 aliphatic heterocycles. The van der Waals surface area contributed by atoms with Crippen LogP contribution in [0.3, 0.4) is 0 Å². The van der Waals surface area contributed by atoms with Gasteiger partial charge in [0.25, 0.3) is 0 Å². The van der Waals surface area contributed by atoms with E-state index in [0.717, 1.165) is 11.0 Å². The molecular weight excluding hydrogens is 513 g/mol. The summed E-state index contributed by atoms with van der Waals surface area (Å²) in [6.45, 7) is -14.8. The lowest BCUT2D eigenvalue weighted by atomic mass is 9.93. The topological polar surface area (TPSA) is 96.9 Å². The molecule has 212 valence electrons. The highest BCUT2D eigenvalue weighted by atomic mass is 19.4. The maximum atomic E-state index is 14.0. The number of aromatic nitrogens is 2. The lowest BCUT2D eigenvalue weighted by Gasteiger charge is -2.41. The largest absolute Gasteiger partial charge is 0.496 e. The number of likely N-dealkylation sites (tertiary alicyclic amines) is 1.